The predicted molar refractivity (Wildman–Crippen MR) is 77.1 cm³/mol. The van der Waals surface area contributed by atoms with Gasteiger partial charge in [-0.05, 0) is 19.3 Å². The highest BCUT2D eigenvalue weighted by Crippen LogP contribution is 2.47. The number of rotatable bonds is 6. The van der Waals surface area contributed by atoms with E-state index in [1.165, 1.54) is 7.11 Å². The fraction of sp³-hybridized carbons (Fsp3) is 0.625. The highest BCUT2D eigenvalue weighted by molar-refractivity contribution is 5.99. The summed E-state index contributed by atoms with van der Waals surface area (Å²) in [6.07, 6.45) is 6.32. The van der Waals surface area contributed by atoms with Crippen molar-refractivity contribution < 1.29 is 19.4 Å². The lowest BCUT2D eigenvalue weighted by atomic mass is 9.61. The van der Waals surface area contributed by atoms with Crippen LogP contribution in [0.2, 0.25) is 0 Å². The molecule has 4 heteroatoms. The largest absolute Gasteiger partial charge is 0.469 e. The van der Waals surface area contributed by atoms with E-state index in [2.05, 4.69) is 6.58 Å². The van der Waals surface area contributed by atoms with Gasteiger partial charge in [0.25, 0.3) is 0 Å². The van der Waals surface area contributed by atoms with Crippen molar-refractivity contribution >= 4 is 11.8 Å². The molecule has 0 aliphatic heterocycles. The van der Waals surface area contributed by atoms with Gasteiger partial charge in [0.15, 0.2) is 5.78 Å². The van der Waals surface area contributed by atoms with E-state index in [4.69, 9.17) is 9.84 Å². The molecular weight excluding hydrogens is 256 g/mol. The topological polar surface area (TPSA) is 63.6 Å². The quantitative estimate of drug-likeness (QED) is 0.461. The second kappa shape index (κ2) is 7.39. The van der Waals surface area contributed by atoms with Gasteiger partial charge in [-0.25, -0.2) is 0 Å². The first-order chi connectivity index (χ1) is 9.51. The van der Waals surface area contributed by atoms with Crippen LogP contribution >= 0.6 is 0 Å². The van der Waals surface area contributed by atoms with Crippen LogP contribution in [0.1, 0.15) is 39.0 Å². The molecule has 1 saturated carbocycles. The molecule has 112 valence electrons. The molecule has 0 amide bonds. The van der Waals surface area contributed by atoms with Crippen molar-refractivity contribution in [3.8, 4) is 0 Å². The highest BCUT2D eigenvalue weighted by atomic mass is 16.5. The number of aliphatic hydroxyl groups excluding tert-OH is 1. The first-order valence-corrected chi connectivity index (χ1v) is 7.06. The summed E-state index contributed by atoms with van der Waals surface area (Å²) in [6, 6.07) is 0. The Morgan fingerprint density at radius 2 is 2.25 bits per heavy atom. The minimum Gasteiger partial charge on any atom is -0.469 e. The number of ketones is 1. The minimum absolute atomic E-state index is 0.0801. The molecule has 0 radical (unpaired) electrons. The summed E-state index contributed by atoms with van der Waals surface area (Å²) in [4.78, 5) is 24.2. The van der Waals surface area contributed by atoms with Crippen molar-refractivity contribution in [1.29, 1.82) is 0 Å². The number of unbranched alkanes of at least 4 members (excludes halogenated alkanes) is 1. The van der Waals surface area contributed by atoms with Gasteiger partial charge in [0.1, 0.15) is 0 Å². The average Bonchev–Trinajstić information content (AvgIpc) is 2.43. The lowest BCUT2D eigenvalue weighted by Crippen LogP contribution is -2.42. The summed E-state index contributed by atoms with van der Waals surface area (Å²) in [5, 5.41) is 8.93. The normalized spacial score (nSPS) is 28.4. The van der Waals surface area contributed by atoms with Crippen LogP contribution in [0, 0.1) is 11.3 Å². The molecule has 1 aliphatic carbocycles. The van der Waals surface area contributed by atoms with Crippen molar-refractivity contribution in [1.82, 2.24) is 0 Å². The van der Waals surface area contributed by atoms with Gasteiger partial charge in [0.2, 0.25) is 0 Å². The molecule has 0 aromatic rings. The monoisotopic (exact) mass is 280 g/mol. The summed E-state index contributed by atoms with van der Waals surface area (Å²) in [6.45, 7) is 5.72. The van der Waals surface area contributed by atoms with E-state index < -0.39 is 5.41 Å². The number of hydrogen-bond acceptors (Lipinski definition) is 4. The van der Waals surface area contributed by atoms with Crippen LogP contribution in [0.4, 0.5) is 0 Å². The lowest BCUT2D eigenvalue weighted by Gasteiger charge is -2.41. The smallest absolute Gasteiger partial charge is 0.309 e. The Hall–Kier alpha value is -1.42. The first-order valence-electron chi connectivity index (χ1n) is 7.06. The van der Waals surface area contributed by atoms with E-state index in [0.717, 1.165) is 6.42 Å². The molecule has 0 unspecified atom stereocenters. The molecule has 20 heavy (non-hydrogen) atoms. The van der Waals surface area contributed by atoms with Gasteiger partial charge in [-0.1, -0.05) is 32.1 Å². The van der Waals surface area contributed by atoms with E-state index in [9.17, 15) is 9.59 Å². The Morgan fingerprint density at radius 3 is 2.80 bits per heavy atom. The molecule has 0 bridgehead atoms. The predicted octanol–water partition coefficient (Wildman–Crippen LogP) is 2.42. The molecule has 4 nitrogen and oxygen atoms in total. The Kier molecular flexibility index (Phi) is 6.14. The van der Waals surface area contributed by atoms with Crippen LogP contribution in [0.25, 0.3) is 0 Å². The van der Waals surface area contributed by atoms with Gasteiger partial charge in [-0.2, -0.15) is 0 Å². The maximum absolute atomic E-state index is 12.2. The second-order valence-corrected chi connectivity index (χ2v) is 5.45. The molecule has 1 aliphatic rings. The van der Waals surface area contributed by atoms with E-state index in [0.29, 0.717) is 31.3 Å². The maximum atomic E-state index is 12.2. The number of ether oxygens (including phenoxy) is 1. The molecule has 0 saturated heterocycles. The molecule has 1 fully saturated rings. The van der Waals surface area contributed by atoms with Gasteiger partial charge in [-0.3, -0.25) is 9.59 Å². The van der Waals surface area contributed by atoms with Crippen molar-refractivity contribution in [2.75, 3.05) is 13.7 Å². The van der Waals surface area contributed by atoms with Crippen molar-refractivity contribution in [3.05, 3.63) is 24.3 Å². The second-order valence-electron chi connectivity index (χ2n) is 5.45. The van der Waals surface area contributed by atoms with E-state index in [1.807, 2.05) is 6.92 Å². The molecule has 0 spiro atoms. The van der Waals surface area contributed by atoms with Crippen molar-refractivity contribution in [2.45, 2.75) is 39.0 Å². The van der Waals surface area contributed by atoms with Gasteiger partial charge in [0.05, 0.1) is 13.0 Å². The van der Waals surface area contributed by atoms with Crippen LogP contribution < -0.4 is 0 Å². The molecule has 1 rings (SSSR count). The zero-order chi connectivity index (χ0) is 15.2. The van der Waals surface area contributed by atoms with E-state index in [-0.39, 0.29) is 24.3 Å². The highest BCUT2D eigenvalue weighted by Gasteiger charge is 2.47. The number of carbonyl (C=O) groups is 2. The number of aliphatic hydroxyl groups is 1. The summed E-state index contributed by atoms with van der Waals surface area (Å²) in [7, 11) is 1.38. The Morgan fingerprint density at radius 1 is 1.55 bits per heavy atom. The van der Waals surface area contributed by atoms with Gasteiger partial charge < -0.3 is 9.84 Å². The minimum atomic E-state index is -0.536. The van der Waals surface area contributed by atoms with Crippen molar-refractivity contribution in [3.63, 3.8) is 0 Å². The van der Waals surface area contributed by atoms with E-state index >= 15 is 0 Å². The summed E-state index contributed by atoms with van der Waals surface area (Å²) in [5.41, 5.74) is 0.123. The van der Waals surface area contributed by atoms with Gasteiger partial charge in [-0.15, -0.1) is 0 Å². The molecular formula is C16H24O4. The third-order valence-electron chi connectivity index (χ3n) is 4.22. The fourth-order valence-corrected chi connectivity index (χ4v) is 3.07. The van der Waals surface area contributed by atoms with Crippen LogP contribution in [0.5, 0.6) is 0 Å². The third kappa shape index (κ3) is 3.37. The molecule has 0 heterocycles. The summed E-state index contributed by atoms with van der Waals surface area (Å²) >= 11 is 0. The standard InChI is InChI=1S/C16H24O4/c1-4-7-12-14(18)9-8-13(15(19)20-3)16(12,2)10-5-6-11-17/h4,7,13,17H,1,5-6,8-11H2,2-3H3/b12-7+/t13-,16+/m0/s1. The number of methoxy groups -OCH3 is 1. The fourth-order valence-electron chi connectivity index (χ4n) is 3.07. The van der Waals surface area contributed by atoms with Crippen LogP contribution in [0.15, 0.2) is 24.3 Å². The van der Waals surface area contributed by atoms with Crippen LogP contribution in [0.3, 0.4) is 0 Å². The van der Waals surface area contributed by atoms with Crippen molar-refractivity contribution in [2.24, 2.45) is 11.3 Å². The Bertz CT molecular complexity index is 411. The number of allylic oxidation sites excluding steroid dienone is 3. The number of carbonyl (C=O) groups excluding carboxylic acids is 2. The summed E-state index contributed by atoms with van der Waals surface area (Å²) < 4.78 is 4.90. The average molecular weight is 280 g/mol. The molecule has 1 N–H and O–H groups in total. The van der Waals surface area contributed by atoms with E-state index in [1.54, 1.807) is 12.2 Å². The van der Waals surface area contributed by atoms with Crippen LogP contribution in [-0.4, -0.2) is 30.6 Å². The third-order valence-corrected chi connectivity index (χ3v) is 4.22. The zero-order valence-electron chi connectivity index (χ0n) is 12.4. The molecule has 2 atom stereocenters. The molecule has 0 aromatic carbocycles. The first kappa shape index (κ1) is 16.6. The molecule has 0 aromatic heterocycles. The maximum Gasteiger partial charge on any atom is 0.309 e. The Balaban J connectivity index is 3.11. The van der Waals surface area contributed by atoms with Gasteiger partial charge >= 0.3 is 5.97 Å². The number of hydrogen-bond donors (Lipinski definition) is 1. The number of esters is 1. The number of Topliss-reactive ketones (excluding diaryl/α,β-unsaturated/α-hetero) is 1. The summed E-state index contributed by atoms with van der Waals surface area (Å²) in [5.74, 6) is -0.495. The Labute approximate surface area is 120 Å². The lowest BCUT2D eigenvalue weighted by molar-refractivity contribution is -0.151. The zero-order valence-corrected chi connectivity index (χ0v) is 12.4. The van der Waals surface area contributed by atoms with Crippen LogP contribution in [-0.2, 0) is 14.3 Å². The van der Waals surface area contributed by atoms with Gasteiger partial charge in [0, 0.05) is 24.0 Å². The SMILES string of the molecule is C=C/C=C1\C(=O)CC[C@@H](C(=O)OC)[C@]1(C)CCCCO.